The number of aliphatic carboxylic acids is 1. The predicted molar refractivity (Wildman–Crippen MR) is 133 cm³/mol. The molecular weight excluding hydrogens is 444 g/mol. The fraction of sp³-hybridized carbons (Fsp3) is 0.464. The molecule has 0 radical (unpaired) electrons. The Kier molecular flexibility index (Phi) is 8.06. The summed E-state index contributed by atoms with van der Waals surface area (Å²) in [4.78, 5) is 39.0. The van der Waals surface area contributed by atoms with E-state index in [9.17, 15) is 19.5 Å². The molecule has 1 heterocycles. The van der Waals surface area contributed by atoms with Crippen LogP contribution in [0, 0.1) is 0 Å². The number of rotatable bonds is 7. The number of ether oxygens (including phenoxy) is 1. The van der Waals surface area contributed by atoms with Gasteiger partial charge in [-0.3, -0.25) is 4.79 Å². The maximum absolute atomic E-state index is 13.0. The highest BCUT2D eigenvalue weighted by molar-refractivity contribution is 5.84. The van der Waals surface area contributed by atoms with Crippen LogP contribution in [0.15, 0.2) is 48.5 Å². The summed E-state index contributed by atoms with van der Waals surface area (Å²) in [6, 6.07) is 15.1. The molecule has 1 aliphatic carbocycles. The minimum Gasteiger partial charge on any atom is -0.480 e. The lowest BCUT2D eigenvalue weighted by Gasteiger charge is -2.32. The molecule has 7 nitrogen and oxygen atoms in total. The van der Waals surface area contributed by atoms with Gasteiger partial charge in [0.05, 0.1) is 0 Å². The number of nitrogens with zero attached hydrogens (tertiary/aromatic N) is 1. The number of alkyl carbamates (subject to hydrolysis) is 1. The highest BCUT2D eigenvalue weighted by atomic mass is 16.5. The topological polar surface area (TPSA) is 95.9 Å². The average Bonchev–Trinajstić information content (AvgIpc) is 3.15. The highest BCUT2D eigenvalue weighted by Gasteiger charge is 2.32. The number of amides is 2. The van der Waals surface area contributed by atoms with E-state index in [2.05, 4.69) is 29.6 Å². The normalized spacial score (nSPS) is 18.5. The second kappa shape index (κ2) is 11.4. The second-order valence-electron chi connectivity index (χ2n) is 9.42. The van der Waals surface area contributed by atoms with E-state index in [4.69, 9.17) is 4.74 Å². The van der Waals surface area contributed by atoms with E-state index >= 15 is 0 Å². The summed E-state index contributed by atoms with van der Waals surface area (Å²) < 4.78 is 5.63. The maximum Gasteiger partial charge on any atom is 0.407 e. The summed E-state index contributed by atoms with van der Waals surface area (Å²) in [5.41, 5.74) is 4.60. The van der Waals surface area contributed by atoms with Crippen LogP contribution in [0.25, 0.3) is 11.1 Å². The third kappa shape index (κ3) is 5.66. The molecular formula is C28H34N2O5. The van der Waals surface area contributed by atoms with Gasteiger partial charge in [0.15, 0.2) is 0 Å². The molecule has 1 unspecified atom stereocenters. The van der Waals surface area contributed by atoms with Gasteiger partial charge in [-0.15, -0.1) is 0 Å². The summed E-state index contributed by atoms with van der Waals surface area (Å²) >= 11 is 0. The van der Waals surface area contributed by atoms with Gasteiger partial charge >= 0.3 is 12.1 Å². The van der Waals surface area contributed by atoms with Crippen LogP contribution in [-0.2, 0) is 14.3 Å². The molecule has 1 saturated heterocycles. The number of hydrogen-bond acceptors (Lipinski definition) is 4. The molecule has 2 aliphatic rings. The standard InChI is InChI=1S/C28H34N2O5/c1-2-19(17-26(31)30-16-10-4-3-5-15-25(30)27(32)33)29-28(34)35-18-24-22-13-8-6-11-20(22)21-12-7-9-14-23(21)24/h6-9,11-14,19,24-25H,2-5,10,15-18H2,1H3,(H,29,34)(H,32,33)/t19-,25?/m1/s1. The largest absolute Gasteiger partial charge is 0.480 e. The van der Waals surface area contributed by atoms with Crippen molar-refractivity contribution in [3.05, 3.63) is 59.7 Å². The molecule has 0 aromatic heterocycles. The van der Waals surface area contributed by atoms with Gasteiger partial charge in [0.1, 0.15) is 12.6 Å². The fourth-order valence-corrected chi connectivity index (χ4v) is 5.27. The van der Waals surface area contributed by atoms with Crippen molar-refractivity contribution in [1.29, 1.82) is 0 Å². The summed E-state index contributed by atoms with van der Waals surface area (Å²) in [6.45, 7) is 2.54. The summed E-state index contributed by atoms with van der Waals surface area (Å²) in [5, 5.41) is 12.5. The number of nitrogens with one attached hydrogen (secondary N) is 1. The summed E-state index contributed by atoms with van der Waals surface area (Å²) in [6.07, 6.45) is 4.10. The van der Waals surface area contributed by atoms with Crippen LogP contribution in [0.4, 0.5) is 4.79 Å². The first-order valence-electron chi connectivity index (χ1n) is 12.6. The molecule has 186 valence electrons. The van der Waals surface area contributed by atoms with Crippen molar-refractivity contribution in [1.82, 2.24) is 10.2 Å². The third-order valence-corrected chi connectivity index (χ3v) is 7.19. The van der Waals surface area contributed by atoms with Crippen LogP contribution >= 0.6 is 0 Å². The van der Waals surface area contributed by atoms with Crippen LogP contribution < -0.4 is 5.32 Å². The smallest absolute Gasteiger partial charge is 0.407 e. The Bertz CT molecular complexity index is 1020. The molecule has 7 heteroatoms. The molecule has 2 aromatic carbocycles. The van der Waals surface area contributed by atoms with Crippen molar-refractivity contribution in [2.45, 2.75) is 69.9 Å². The molecule has 35 heavy (non-hydrogen) atoms. The predicted octanol–water partition coefficient (Wildman–Crippen LogP) is 4.94. The van der Waals surface area contributed by atoms with Gasteiger partial charge in [-0.05, 0) is 41.5 Å². The van der Waals surface area contributed by atoms with Crippen LogP contribution in [0.2, 0.25) is 0 Å². The first-order chi connectivity index (χ1) is 17.0. The minimum absolute atomic E-state index is 0.0350. The van der Waals surface area contributed by atoms with Gasteiger partial charge in [-0.25, -0.2) is 9.59 Å². The molecule has 0 bridgehead atoms. The second-order valence-corrected chi connectivity index (χ2v) is 9.42. The van der Waals surface area contributed by atoms with Crippen molar-refractivity contribution < 1.29 is 24.2 Å². The summed E-state index contributed by atoms with van der Waals surface area (Å²) in [5.74, 6) is -1.23. The van der Waals surface area contributed by atoms with E-state index in [1.165, 1.54) is 4.90 Å². The van der Waals surface area contributed by atoms with Crippen LogP contribution in [-0.4, -0.2) is 53.2 Å². The molecule has 2 amide bonds. The van der Waals surface area contributed by atoms with Crippen LogP contribution in [0.5, 0.6) is 0 Å². The van der Waals surface area contributed by atoms with E-state index in [0.717, 1.165) is 47.9 Å². The number of carbonyl (C=O) groups excluding carboxylic acids is 2. The fourth-order valence-electron chi connectivity index (χ4n) is 5.27. The van der Waals surface area contributed by atoms with Crippen LogP contribution in [0.1, 0.15) is 68.9 Å². The molecule has 1 aliphatic heterocycles. The van der Waals surface area contributed by atoms with Gasteiger partial charge < -0.3 is 20.1 Å². The van der Waals surface area contributed by atoms with Crippen molar-refractivity contribution in [2.24, 2.45) is 0 Å². The molecule has 0 spiro atoms. The Balaban J connectivity index is 1.36. The Morgan fingerprint density at radius 1 is 1.00 bits per heavy atom. The number of carboxylic acid groups (broad SMARTS) is 1. The maximum atomic E-state index is 13.0. The van der Waals surface area contributed by atoms with Gasteiger partial charge in [-0.2, -0.15) is 0 Å². The van der Waals surface area contributed by atoms with Crippen LogP contribution in [0.3, 0.4) is 0 Å². The van der Waals surface area contributed by atoms with Gasteiger partial charge in [0.2, 0.25) is 5.91 Å². The minimum atomic E-state index is -0.960. The molecule has 2 atom stereocenters. The first kappa shape index (κ1) is 24.8. The first-order valence-corrected chi connectivity index (χ1v) is 12.6. The lowest BCUT2D eigenvalue weighted by atomic mass is 9.98. The van der Waals surface area contributed by atoms with Crippen molar-refractivity contribution in [3.63, 3.8) is 0 Å². The molecule has 0 saturated carbocycles. The lowest BCUT2D eigenvalue weighted by Crippen LogP contribution is -2.48. The third-order valence-electron chi connectivity index (χ3n) is 7.19. The Morgan fingerprint density at radius 3 is 2.26 bits per heavy atom. The zero-order valence-corrected chi connectivity index (χ0v) is 20.2. The van der Waals surface area contributed by atoms with E-state index in [-0.39, 0.29) is 24.9 Å². The van der Waals surface area contributed by atoms with E-state index < -0.39 is 24.1 Å². The van der Waals surface area contributed by atoms with Crippen molar-refractivity contribution in [3.8, 4) is 11.1 Å². The Hall–Kier alpha value is -3.35. The zero-order valence-electron chi connectivity index (χ0n) is 20.2. The van der Waals surface area contributed by atoms with Gasteiger partial charge in [-0.1, -0.05) is 74.7 Å². The average molecular weight is 479 g/mol. The summed E-state index contributed by atoms with van der Waals surface area (Å²) in [7, 11) is 0. The highest BCUT2D eigenvalue weighted by Crippen LogP contribution is 2.44. The van der Waals surface area contributed by atoms with Crippen molar-refractivity contribution >= 4 is 18.0 Å². The zero-order chi connectivity index (χ0) is 24.8. The number of fused-ring (bicyclic) bond motifs is 3. The Labute approximate surface area is 206 Å². The number of carboxylic acids is 1. The van der Waals surface area contributed by atoms with E-state index in [1.807, 2.05) is 31.2 Å². The number of hydrogen-bond donors (Lipinski definition) is 2. The quantitative estimate of drug-likeness (QED) is 0.588. The number of benzene rings is 2. The van der Waals surface area contributed by atoms with E-state index in [1.54, 1.807) is 0 Å². The van der Waals surface area contributed by atoms with Gasteiger partial charge in [0, 0.05) is 24.9 Å². The van der Waals surface area contributed by atoms with Crippen molar-refractivity contribution in [2.75, 3.05) is 13.2 Å². The molecule has 2 N–H and O–H groups in total. The number of likely N-dealkylation sites (tertiary alicyclic amines) is 1. The Morgan fingerprint density at radius 2 is 1.63 bits per heavy atom. The molecule has 2 aromatic rings. The lowest BCUT2D eigenvalue weighted by molar-refractivity contribution is -0.151. The SMILES string of the molecule is CC[C@H](CC(=O)N1CCCCCCC1C(=O)O)NC(=O)OCC1c2ccccc2-c2ccccc21. The molecule has 4 rings (SSSR count). The van der Waals surface area contributed by atoms with E-state index in [0.29, 0.717) is 19.4 Å². The molecule has 1 fully saturated rings. The number of carbonyl (C=O) groups is 3. The monoisotopic (exact) mass is 478 g/mol. The van der Waals surface area contributed by atoms with Gasteiger partial charge in [0.25, 0.3) is 0 Å².